The normalized spacial score (nSPS) is 15.7. The first-order valence-electron chi connectivity index (χ1n) is 7.43. The average molecular weight is 331 g/mol. The maximum absolute atomic E-state index is 12.5. The highest BCUT2D eigenvalue weighted by molar-refractivity contribution is 7.89. The molecule has 2 aromatic carbocycles. The fourth-order valence-electron chi connectivity index (χ4n) is 2.81. The van der Waals surface area contributed by atoms with Crippen LogP contribution >= 0.6 is 0 Å². The lowest BCUT2D eigenvalue weighted by atomic mass is 10.00. The quantitative estimate of drug-likeness (QED) is 0.935. The predicted molar refractivity (Wildman–Crippen MR) is 86.8 cm³/mol. The molecule has 23 heavy (non-hydrogen) atoms. The third kappa shape index (κ3) is 3.00. The van der Waals surface area contributed by atoms with Gasteiger partial charge in [-0.15, -0.1) is 0 Å². The van der Waals surface area contributed by atoms with E-state index < -0.39 is 16.0 Å². The predicted octanol–water partition coefficient (Wildman–Crippen LogP) is 2.84. The standard InChI is InChI=1S/C17H17NO4S/c19-17(20)16-6-2-1-5-15(16)13-7-9-14(10-8-13)23(21,22)18-11-3-4-12-18/h1-2,5-10H,3-4,11-12H2,(H,19,20). The lowest BCUT2D eigenvalue weighted by Crippen LogP contribution is -2.27. The van der Waals surface area contributed by atoms with Crippen molar-refractivity contribution in [2.24, 2.45) is 0 Å². The fourth-order valence-corrected chi connectivity index (χ4v) is 4.32. The maximum Gasteiger partial charge on any atom is 0.336 e. The highest BCUT2D eigenvalue weighted by atomic mass is 32.2. The van der Waals surface area contributed by atoms with E-state index in [-0.39, 0.29) is 10.5 Å². The summed E-state index contributed by atoms with van der Waals surface area (Å²) in [5.41, 5.74) is 1.45. The van der Waals surface area contributed by atoms with Crippen LogP contribution in [-0.4, -0.2) is 36.9 Å². The summed E-state index contributed by atoms with van der Waals surface area (Å²) in [6.07, 6.45) is 1.78. The summed E-state index contributed by atoms with van der Waals surface area (Å²) in [4.78, 5) is 11.5. The zero-order valence-corrected chi connectivity index (χ0v) is 13.3. The minimum absolute atomic E-state index is 0.197. The Morgan fingerprint density at radius 2 is 1.57 bits per heavy atom. The topological polar surface area (TPSA) is 74.7 Å². The summed E-state index contributed by atoms with van der Waals surface area (Å²) >= 11 is 0. The van der Waals surface area contributed by atoms with E-state index in [0.717, 1.165) is 12.8 Å². The first-order valence-corrected chi connectivity index (χ1v) is 8.87. The van der Waals surface area contributed by atoms with Gasteiger partial charge in [-0.05, 0) is 42.2 Å². The minimum atomic E-state index is -3.45. The van der Waals surface area contributed by atoms with Gasteiger partial charge >= 0.3 is 5.97 Å². The van der Waals surface area contributed by atoms with E-state index in [1.54, 1.807) is 42.5 Å². The van der Waals surface area contributed by atoms with E-state index in [4.69, 9.17) is 0 Å². The molecule has 5 nitrogen and oxygen atoms in total. The molecule has 1 aliphatic heterocycles. The molecule has 0 amide bonds. The molecule has 1 saturated heterocycles. The Balaban J connectivity index is 1.96. The number of rotatable bonds is 4. The molecule has 0 spiro atoms. The second kappa shape index (κ2) is 6.14. The van der Waals surface area contributed by atoms with Crippen LogP contribution in [0.4, 0.5) is 0 Å². The van der Waals surface area contributed by atoms with Crippen LogP contribution in [0.25, 0.3) is 11.1 Å². The van der Waals surface area contributed by atoms with E-state index in [1.165, 1.54) is 10.4 Å². The number of nitrogens with zero attached hydrogens (tertiary/aromatic N) is 1. The van der Waals surface area contributed by atoms with E-state index in [0.29, 0.717) is 24.2 Å². The maximum atomic E-state index is 12.5. The molecule has 6 heteroatoms. The van der Waals surface area contributed by atoms with Crippen molar-refractivity contribution in [3.05, 3.63) is 54.1 Å². The SMILES string of the molecule is O=C(O)c1ccccc1-c1ccc(S(=O)(=O)N2CCCC2)cc1. The van der Waals surface area contributed by atoms with Gasteiger partial charge in [-0.1, -0.05) is 30.3 Å². The molecule has 3 rings (SSSR count). The van der Waals surface area contributed by atoms with E-state index in [9.17, 15) is 18.3 Å². The van der Waals surface area contributed by atoms with Crippen LogP contribution in [0.1, 0.15) is 23.2 Å². The van der Waals surface area contributed by atoms with Crippen molar-refractivity contribution in [2.45, 2.75) is 17.7 Å². The second-order valence-corrected chi connectivity index (χ2v) is 7.42. The van der Waals surface area contributed by atoms with Crippen LogP contribution in [0.15, 0.2) is 53.4 Å². The zero-order valence-electron chi connectivity index (χ0n) is 12.5. The first-order chi connectivity index (χ1) is 11.0. The summed E-state index contributed by atoms with van der Waals surface area (Å²) in [5.74, 6) is -1.01. The van der Waals surface area contributed by atoms with Crippen LogP contribution in [0.5, 0.6) is 0 Å². The molecule has 0 radical (unpaired) electrons. The molecule has 0 aromatic heterocycles. The van der Waals surface area contributed by atoms with E-state index >= 15 is 0 Å². The summed E-state index contributed by atoms with van der Waals surface area (Å²) in [6, 6.07) is 13.1. The lowest BCUT2D eigenvalue weighted by Gasteiger charge is -2.15. The number of sulfonamides is 1. The van der Waals surface area contributed by atoms with Gasteiger partial charge in [0.05, 0.1) is 10.5 Å². The average Bonchev–Trinajstić information content (AvgIpc) is 3.10. The van der Waals surface area contributed by atoms with Crippen molar-refractivity contribution >= 4 is 16.0 Å². The largest absolute Gasteiger partial charge is 0.478 e. The molecular formula is C17H17NO4S. The molecule has 1 N–H and O–H groups in total. The number of benzene rings is 2. The van der Waals surface area contributed by atoms with Gasteiger partial charge in [-0.3, -0.25) is 0 Å². The van der Waals surface area contributed by atoms with Crippen molar-refractivity contribution in [3.8, 4) is 11.1 Å². The molecule has 0 saturated carbocycles. The monoisotopic (exact) mass is 331 g/mol. The number of hydrogen-bond acceptors (Lipinski definition) is 3. The Kier molecular flexibility index (Phi) is 4.19. The molecular weight excluding hydrogens is 314 g/mol. The van der Waals surface area contributed by atoms with Gasteiger partial charge < -0.3 is 5.11 Å². The number of hydrogen-bond donors (Lipinski definition) is 1. The van der Waals surface area contributed by atoms with Crippen molar-refractivity contribution in [1.82, 2.24) is 4.31 Å². The van der Waals surface area contributed by atoms with Crippen molar-refractivity contribution in [1.29, 1.82) is 0 Å². The van der Waals surface area contributed by atoms with Gasteiger partial charge in [0.25, 0.3) is 0 Å². The Labute approximate surface area is 135 Å². The first kappa shape index (κ1) is 15.7. The third-order valence-corrected chi connectivity index (χ3v) is 5.94. The van der Waals surface area contributed by atoms with Gasteiger partial charge in [0.15, 0.2) is 0 Å². The second-order valence-electron chi connectivity index (χ2n) is 5.49. The third-order valence-electron chi connectivity index (χ3n) is 4.03. The van der Waals surface area contributed by atoms with E-state index in [1.807, 2.05) is 0 Å². The highest BCUT2D eigenvalue weighted by Crippen LogP contribution is 2.27. The number of aromatic carboxylic acids is 1. The van der Waals surface area contributed by atoms with Gasteiger partial charge in [0.1, 0.15) is 0 Å². The van der Waals surface area contributed by atoms with Crippen molar-refractivity contribution in [2.75, 3.05) is 13.1 Å². The molecule has 0 bridgehead atoms. The van der Waals surface area contributed by atoms with Crippen LogP contribution in [0.2, 0.25) is 0 Å². The molecule has 1 fully saturated rings. The van der Waals surface area contributed by atoms with Crippen molar-refractivity contribution in [3.63, 3.8) is 0 Å². The number of carboxylic acids is 1. The fraction of sp³-hybridized carbons (Fsp3) is 0.235. The molecule has 1 heterocycles. The smallest absolute Gasteiger partial charge is 0.336 e. The Bertz CT molecular complexity index is 822. The number of carboxylic acid groups (broad SMARTS) is 1. The summed E-state index contributed by atoms with van der Waals surface area (Å²) in [5, 5.41) is 9.25. The van der Waals surface area contributed by atoms with Crippen molar-refractivity contribution < 1.29 is 18.3 Å². The minimum Gasteiger partial charge on any atom is -0.478 e. The molecule has 0 aliphatic carbocycles. The summed E-state index contributed by atoms with van der Waals surface area (Å²) < 4.78 is 26.5. The molecule has 0 unspecified atom stereocenters. The Hall–Kier alpha value is -2.18. The van der Waals surface area contributed by atoms with Crippen LogP contribution < -0.4 is 0 Å². The van der Waals surface area contributed by atoms with Gasteiger partial charge in [-0.25, -0.2) is 13.2 Å². The van der Waals surface area contributed by atoms with Gasteiger partial charge in [0, 0.05) is 13.1 Å². The Morgan fingerprint density at radius 1 is 0.957 bits per heavy atom. The van der Waals surface area contributed by atoms with Crippen LogP contribution in [-0.2, 0) is 10.0 Å². The van der Waals surface area contributed by atoms with E-state index in [2.05, 4.69) is 0 Å². The van der Waals surface area contributed by atoms with Gasteiger partial charge in [-0.2, -0.15) is 4.31 Å². The van der Waals surface area contributed by atoms with Gasteiger partial charge in [0.2, 0.25) is 10.0 Å². The molecule has 0 atom stereocenters. The highest BCUT2D eigenvalue weighted by Gasteiger charge is 2.27. The van der Waals surface area contributed by atoms with Crippen LogP contribution in [0, 0.1) is 0 Å². The Morgan fingerprint density at radius 3 is 2.17 bits per heavy atom. The van der Waals surface area contributed by atoms with Crippen LogP contribution in [0.3, 0.4) is 0 Å². The summed E-state index contributed by atoms with van der Waals surface area (Å²) in [7, 11) is -3.45. The summed E-state index contributed by atoms with van der Waals surface area (Å²) in [6.45, 7) is 1.12. The lowest BCUT2D eigenvalue weighted by molar-refractivity contribution is 0.0697. The molecule has 120 valence electrons. The molecule has 2 aromatic rings. The number of carbonyl (C=O) groups is 1. The zero-order chi connectivity index (χ0) is 16.4. The molecule has 1 aliphatic rings.